The van der Waals surface area contributed by atoms with Crippen LogP contribution in [0.4, 0.5) is 5.82 Å². The Hall–Kier alpha value is -4.08. The zero-order valence-electron chi connectivity index (χ0n) is 18.4. The number of likely N-dealkylation sites (tertiary alicyclic amines) is 1. The topological polar surface area (TPSA) is 132 Å². The monoisotopic (exact) mass is 448 g/mol. The Morgan fingerprint density at radius 3 is 3.00 bits per heavy atom. The fourth-order valence-electron chi connectivity index (χ4n) is 4.58. The molecule has 1 unspecified atom stereocenters. The smallest absolute Gasteiger partial charge is 0.292 e. The third kappa shape index (κ3) is 3.25. The van der Waals surface area contributed by atoms with E-state index in [9.17, 15) is 9.59 Å². The quantitative estimate of drug-likeness (QED) is 0.459. The molecule has 1 atom stereocenters. The van der Waals surface area contributed by atoms with Crippen LogP contribution >= 0.6 is 0 Å². The fraction of sp³-hybridized carbons (Fsp3) is 0.304. The Morgan fingerprint density at radius 1 is 1.42 bits per heavy atom. The summed E-state index contributed by atoms with van der Waals surface area (Å²) < 4.78 is 13.4. The number of carbonyl (C=O) groups excluding carboxylic acids is 1. The van der Waals surface area contributed by atoms with Gasteiger partial charge < -0.3 is 19.8 Å². The zero-order valence-corrected chi connectivity index (χ0v) is 18.4. The first-order valence-corrected chi connectivity index (χ1v) is 10.7. The van der Waals surface area contributed by atoms with Crippen molar-refractivity contribution >= 4 is 33.6 Å². The fourth-order valence-corrected chi connectivity index (χ4v) is 4.58. The highest BCUT2D eigenvalue weighted by molar-refractivity contribution is 6.01. The highest BCUT2D eigenvalue weighted by Gasteiger charge is 2.31. The third-order valence-electron chi connectivity index (χ3n) is 6.25. The van der Waals surface area contributed by atoms with E-state index in [1.807, 2.05) is 25.1 Å². The summed E-state index contributed by atoms with van der Waals surface area (Å²) in [6.07, 6.45) is 2.88. The number of furan rings is 1. The molecule has 0 spiro atoms. The van der Waals surface area contributed by atoms with Gasteiger partial charge in [0.25, 0.3) is 5.56 Å². The van der Waals surface area contributed by atoms with Crippen molar-refractivity contribution in [1.82, 2.24) is 24.9 Å². The minimum atomic E-state index is -0.440. The number of carbonyl (C=O) groups is 1. The van der Waals surface area contributed by atoms with Crippen LogP contribution in [-0.2, 0) is 4.79 Å². The van der Waals surface area contributed by atoms with Gasteiger partial charge in [-0.05, 0) is 38.0 Å². The van der Waals surface area contributed by atoms with E-state index in [1.165, 1.54) is 6.08 Å². The van der Waals surface area contributed by atoms with E-state index in [2.05, 4.69) is 21.9 Å². The van der Waals surface area contributed by atoms with E-state index in [0.717, 1.165) is 23.8 Å². The van der Waals surface area contributed by atoms with Crippen LogP contribution in [0, 0.1) is 6.92 Å². The number of hydrogen-bond acceptors (Lipinski definition) is 7. The van der Waals surface area contributed by atoms with Gasteiger partial charge >= 0.3 is 0 Å². The molecule has 170 valence electrons. The Kier molecular flexibility index (Phi) is 4.92. The van der Waals surface area contributed by atoms with Gasteiger partial charge in [-0.3, -0.25) is 14.3 Å². The van der Waals surface area contributed by atoms with E-state index >= 15 is 0 Å². The number of aromatic nitrogens is 4. The average Bonchev–Trinajstić information content (AvgIpc) is 3.39. The van der Waals surface area contributed by atoms with Crippen LogP contribution in [0.5, 0.6) is 5.75 Å². The number of H-pyrrole nitrogens is 1. The largest absolute Gasteiger partial charge is 0.497 e. The van der Waals surface area contributed by atoms with Crippen molar-refractivity contribution in [2.45, 2.75) is 25.8 Å². The molecular formula is C23H24N6O4. The van der Waals surface area contributed by atoms with E-state index in [1.54, 1.807) is 16.7 Å². The highest BCUT2D eigenvalue weighted by Crippen LogP contribution is 2.40. The van der Waals surface area contributed by atoms with Crippen molar-refractivity contribution in [2.75, 3.05) is 25.9 Å². The van der Waals surface area contributed by atoms with Gasteiger partial charge in [-0.2, -0.15) is 10.2 Å². The Bertz CT molecular complexity index is 1460. The minimum absolute atomic E-state index is 0.135. The van der Waals surface area contributed by atoms with E-state index in [4.69, 9.17) is 14.9 Å². The summed E-state index contributed by atoms with van der Waals surface area (Å²) in [6.45, 7) is 6.62. The first kappa shape index (κ1) is 20.8. The van der Waals surface area contributed by atoms with Crippen LogP contribution in [0.1, 0.15) is 24.4 Å². The zero-order chi connectivity index (χ0) is 23.3. The SMILES string of the molecule is C=CC(=O)N1CCCC(n2nc3c(=O)[nH]nc(N)c3c2-c2oc3cc(OC)ccc3c2C)C1. The summed E-state index contributed by atoms with van der Waals surface area (Å²) >= 11 is 0. The lowest BCUT2D eigenvalue weighted by molar-refractivity contribution is -0.127. The third-order valence-corrected chi connectivity index (χ3v) is 6.25. The molecular weight excluding hydrogens is 424 g/mol. The molecule has 0 bridgehead atoms. The number of hydrogen-bond donors (Lipinski definition) is 2. The molecule has 3 N–H and O–H groups in total. The predicted octanol–water partition coefficient (Wildman–Crippen LogP) is 2.78. The molecule has 0 aliphatic carbocycles. The molecule has 0 radical (unpaired) electrons. The van der Waals surface area contributed by atoms with Crippen molar-refractivity contribution < 1.29 is 13.9 Å². The Labute approximate surface area is 188 Å². The molecule has 1 saturated heterocycles. The number of aryl methyl sites for hydroxylation is 1. The van der Waals surface area contributed by atoms with Crippen LogP contribution < -0.4 is 16.0 Å². The van der Waals surface area contributed by atoms with Crippen LogP contribution in [0.25, 0.3) is 33.3 Å². The van der Waals surface area contributed by atoms with Crippen LogP contribution in [0.15, 0.2) is 40.1 Å². The summed E-state index contributed by atoms with van der Waals surface area (Å²) in [6, 6.07) is 5.43. The summed E-state index contributed by atoms with van der Waals surface area (Å²) in [7, 11) is 1.60. The van der Waals surface area contributed by atoms with Gasteiger partial charge in [0.1, 0.15) is 17.0 Å². The van der Waals surface area contributed by atoms with E-state index < -0.39 is 5.56 Å². The van der Waals surface area contributed by atoms with Crippen molar-refractivity contribution in [3.05, 3.63) is 46.8 Å². The Balaban J connectivity index is 1.76. The molecule has 1 aliphatic rings. The van der Waals surface area contributed by atoms with Gasteiger partial charge in [-0.1, -0.05) is 6.58 Å². The second-order valence-corrected chi connectivity index (χ2v) is 8.16. The standard InChI is InChI=1S/C23H24N6O4/c1-4-17(30)28-9-5-6-13(11-28)29-20(18-19(27-29)23(31)26-25-22(18)24)21-12(2)15-8-7-14(32-3)10-16(15)33-21/h4,7-8,10,13H,1,5-6,9,11H2,2-3H3,(H2,24,25)(H,26,31). The lowest BCUT2D eigenvalue weighted by atomic mass is 10.0. The number of anilines is 1. The second-order valence-electron chi connectivity index (χ2n) is 8.16. The maximum absolute atomic E-state index is 12.6. The van der Waals surface area contributed by atoms with Gasteiger partial charge in [0.05, 0.1) is 18.5 Å². The number of ether oxygens (including phenoxy) is 1. The highest BCUT2D eigenvalue weighted by atomic mass is 16.5. The first-order chi connectivity index (χ1) is 15.9. The van der Waals surface area contributed by atoms with Gasteiger partial charge in [0, 0.05) is 30.1 Å². The van der Waals surface area contributed by atoms with Gasteiger partial charge in [-0.25, -0.2) is 5.10 Å². The molecule has 1 aliphatic heterocycles. The van der Waals surface area contributed by atoms with Crippen molar-refractivity contribution in [3.63, 3.8) is 0 Å². The van der Waals surface area contributed by atoms with Crippen LogP contribution in [0.2, 0.25) is 0 Å². The number of nitrogens with one attached hydrogen (secondary N) is 1. The molecule has 4 heterocycles. The molecule has 1 amide bonds. The molecule has 0 saturated carbocycles. The molecule has 10 nitrogen and oxygen atoms in total. The summed E-state index contributed by atoms with van der Waals surface area (Å²) in [5.74, 6) is 1.23. The number of methoxy groups -OCH3 is 1. The first-order valence-electron chi connectivity index (χ1n) is 10.7. The maximum Gasteiger partial charge on any atom is 0.292 e. The average molecular weight is 448 g/mol. The second kappa shape index (κ2) is 7.80. The molecule has 4 aromatic rings. The number of amides is 1. The number of nitrogens with two attached hydrogens (primary N) is 1. The van der Waals surface area contributed by atoms with Gasteiger partial charge in [0.15, 0.2) is 17.1 Å². The van der Waals surface area contributed by atoms with Crippen LogP contribution in [-0.4, -0.2) is 51.0 Å². The number of aromatic amines is 1. The van der Waals surface area contributed by atoms with Gasteiger partial charge in [0.2, 0.25) is 5.91 Å². The molecule has 3 aromatic heterocycles. The van der Waals surface area contributed by atoms with Crippen molar-refractivity contribution in [1.29, 1.82) is 0 Å². The molecule has 33 heavy (non-hydrogen) atoms. The number of rotatable bonds is 4. The van der Waals surface area contributed by atoms with E-state index in [-0.39, 0.29) is 23.3 Å². The van der Waals surface area contributed by atoms with Crippen LogP contribution in [0.3, 0.4) is 0 Å². The van der Waals surface area contributed by atoms with Crippen molar-refractivity contribution in [3.8, 4) is 17.2 Å². The minimum Gasteiger partial charge on any atom is -0.497 e. The summed E-state index contributed by atoms with van der Waals surface area (Å²) in [5, 5.41) is 12.3. The normalized spacial score (nSPS) is 16.4. The lowest BCUT2D eigenvalue weighted by Crippen LogP contribution is -2.40. The number of benzene rings is 1. The number of fused-ring (bicyclic) bond motifs is 2. The number of nitrogen functional groups attached to an aromatic ring is 1. The predicted molar refractivity (Wildman–Crippen MR) is 124 cm³/mol. The molecule has 1 aromatic carbocycles. The number of nitrogens with zero attached hydrogens (tertiary/aromatic N) is 4. The summed E-state index contributed by atoms with van der Waals surface area (Å²) in [5.41, 5.74) is 8.06. The Morgan fingerprint density at radius 2 is 2.24 bits per heavy atom. The lowest BCUT2D eigenvalue weighted by Gasteiger charge is -2.32. The number of piperidine rings is 1. The molecule has 10 heteroatoms. The molecule has 1 fully saturated rings. The summed E-state index contributed by atoms with van der Waals surface area (Å²) in [4.78, 5) is 26.6. The molecule has 5 rings (SSSR count). The maximum atomic E-state index is 12.6. The van der Waals surface area contributed by atoms with Gasteiger partial charge in [-0.15, -0.1) is 0 Å². The van der Waals surface area contributed by atoms with Crippen molar-refractivity contribution in [2.24, 2.45) is 0 Å². The van der Waals surface area contributed by atoms with E-state index in [0.29, 0.717) is 41.3 Å².